The number of alkyl carbamates (subject to hydrolysis) is 1. The van der Waals surface area contributed by atoms with E-state index in [9.17, 15) is 64.4 Å². The summed E-state index contributed by atoms with van der Waals surface area (Å²) in [6.45, 7) is 3.36. The highest BCUT2D eigenvalue weighted by Gasteiger charge is 2.59. The number of carboxylic acid groups (broad SMARTS) is 2. The molecule has 3 aliphatic heterocycles. The number of nitriles is 1. The first kappa shape index (κ1) is 68.2. The van der Waals surface area contributed by atoms with E-state index in [0.29, 0.717) is 75.7 Å². The Morgan fingerprint density at radius 1 is 0.887 bits per heavy atom. The number of fused-ring (bicyclic) bond motifs is 2. The standard InChI is InChI=1S/C67H74N10O18S2/c1-36-45(43-11-12-51(73-54(43)61(85)86)75-17-13-42-39(30-68)8-10-44(46(42)32-75)59(83)74-64-72-47-5-3-4-6-49(47)97-64)31-71-77(36)35-66-26-37-23-38(27-66)29-67(28-37,34-66)93-20-16-70-65(89)92-33-40-7-9-41(94-63-57(82)55(80)56(81)58(95-63)62(87)88)24-48(40)91-22-21-90-19-15-69-52(78)14-18-76-53(79)25-50(96-2)60(76)84/h3-12,24,31,37-38,50,55-58,63,80-82H,13-23,25-29,32-35H2,1-2H3,(H,69,78)(H,70,89)(H,85,86)(H,87,88)(H,72,74,83)/t37?,38?,50?,55-,56-,57+,58-,63+,66?,67?/m0/s1. The molecule has 3 aromatic heterocycles. The first-order valence-electron chi connectivity index (χ1n) is 32.0. The lowest BCUT2D eigenvalue weighted by atomic mass is 9.48. The number of anilines is 2. The molecule has 0 radical (unpaired) electrons. The molecule has 2 saturated heterocycles. The van der Waals surface area contributed by atoms with Crippen LogP contribution in [0.5, 0.6) is 11.5 Å². The summed E-state index contributed by atoms with van der Waals surface area (Å²) in [6, 6.07) is 21.0. The number of hydrogen-bond donors (Lipinski definition) is 8. The molecule has 6 heterocycles. The zero-order valence-electron chi connectivity index (χ0n) is 53.2. The van der Waals surface area contributed by atoms with Crippen molar-refractivity contribution >= 4 is 85.9 Å². The van der Waals surface area contributed by atoms with Gasteiger partial charge in [0.05, 0.1) is 58.7 Å². The number of thioether (sulfide) groups is 1. The highest BCUT2D eigenvalue weighted by Crippen LogP contribution is 2.63. The zero-order valence-corrected chi connectivity index (χ0v) is 54.8. The van der Waals surface area contributed by atoms with E-state index in [1.165, 1.54) is 41.3 Å². The number of thiazole rings is 1. The Bertz CT molecular complexity index is 4020. The summed E-state index contributed by atoms with van der Waals surface area (Å²) in [7, 11) is 0. The number of aromatic nitrogens is 4. The molecule has 28 nitrogen and oxygen atoms in total. The smallest absolute Gasteiger partial charge is 0.407 e. The van der Waals surface area contributed by atoms with Gasteiger partial charge in [0.1, 0.15) is 48.8 Å². The maximum Gasteiger partial charge on any atom is 0.407 e. The van der Waals surface area contributed by atoms with Crippen molar-refractivity contribution < 1.29 is 87.5 Å². The minimum absolute atomic E-state index is 0.00580. The number of amides is 5. The number of likely N-dealkylation sites (tertiary alicyclic amines) is 1. The number of ether oxygens (including phenoxy) is 6. The number of aliphatic carboxylic acids is 1. The normalized spacial score (nSPS) is 24.8. The van der Waals surface area contributed by atoms with Crippen molar-refractivity contribution in [2.75, 3.05) is 69.1 Å². The van der Waals surface area contributed by atoms with Crippen LogP contribution in [0.3, 0.4) is 0 Å². The Balaban J connectivity index is 0.644. The molecule has 13 rings (SSSR count). The highest BCUT2D eigenvalue weighted by molar-refractivity contribution is 8.00. The van der Waals surface area contributed by atoms with Crippen LogP contribution in [0.25, 0.3) is 21.3 Å². The molecule has 8 N–H and O–H groups in total. The Hall–Kier alpha value is -8.80. The Morgan fingerprint density at radius 2 is 1.68 bits per heavy atom. The van der Waals surface area contributed by atoms with Crippen molar-refractivity contribution in [2.24, 2.45) is 17.3 Å². The average Bonchev–Trinajstić information content (AvgIpc) is 1.43. The number of carboxylic acids is 2. The van der Waals surface area contributed by atoms with Crippen molar-refractivity contribution in [1.29, 1.82) is 5.26 Å². The minimum Gasteiger partial charge on any atom is -0.491 e. The van der Waals surface area contributed by atoms with Crippen LogP contribution in [-0.2, 0) is 64.2 Å². The first-order chi connectivity index (χ1) is 46.7. The fraction of sp³-hybridized carbons (Fsp3) is 0.478. The van der Waals surface area contributed by atoms with E-state index >= 15 is 0 Å². The van der Waals surface area contributed by atoms with E-state index in [2.05, 4.69) is 27.0 Å². The monoisotopic (exact) mass is 1370 g/mol. The summed E-state index contributed by atoms with van der Waals surface area (Å²) in [6.07, 6.45) is -0.571. The van der Waals surface area contributed by atoms with Crippen LogP contribution in [0.4, 0.5) is 15.7 Å². The number of pyridine rings is 1. The molecule has 4 aliphatic carbocycles. The number of nitrogens with one attached hydrogen (secondary N) is 3. The van der Waals surface area contributed by atoms with Crippen molar-refractivity contribution in [1.82, 2.24) is 35.3 Å². The molecular formula is C67H74N10O18S2. The van der Waals surface area contributed by atoms with Crippen LogP contribution < -0.4 is 30.3 Å². The first-order valence-corrected chi connectivity index (χ1v) is 34.2. The lowest BCUT2D eigenvalue weighted by molar-refractivity contribution is -0.271. The number of imide groups is 1. The molecule has 4 bridgehead atoms. The molecule has 3 unspecified atom stereocenters. The van der Waals surface area contributed by atoms with Gasteiger partial charge in [0.25, 0.3) is 5.91 Å². The van der Waals surface area contributed by atoms with Crippen LogP contribution in [0.15, 0.2) is 72.9 Å². The molecule has 6 aromatic rings. The van der Waals surface area contributed by atoms with E-state index in [1.807, 2.05) is 40.8 Å². The van der Waals surface area contributed by atoms with Crippen LogP contribution in [0.1, 0.15) is 100 Å². The quantitative estimate of drug-likeness (QED) is 0.0243. The Morgan fingerprint density at radius 3 is 2.43 bits per heavy atom. The van der Waals surface area contributed by atoms with Crippen LogP contribution in [0.2, 0.25) is 0 Å². The molecule has 3 aromatic carbocycles. The highest BCUT2D eigenvalue weighted by atomic mass is 32.2. The van der Waals surface area contributed by atoms with Crippen molar-refractivity contribution in [3.05, 3.63) is 112 Å². The number of aromatic carboxylic acids is 1. The van der Waals surface area contributed by atoms with Crippen molar-refractivity contribution in [2.45, 2.75) is 126 Å². The summed E-state index contributed by atoms with van der Waals surface area (Å²) >= 11 is 2.65. The summed E-state index contributed by atoms with van der Waals surface area (Å²) < 4.78 is 38.0. The zero-order chi connectivity index (χ0) is 68.3. The second-order valence-corrected chi connectivity index (χ2v) is 27.6. The fourth-order valence-electron chi connectivity index (χ4n) is 14.9. The second-order valence-electron chi connectivity index (χ2n) is 25.5. The number of aliphatic hydroxyl groups is 3. The molecule has 4 saturated carbocycles. The number of rotatable bonds is 27. The molecule has 7 aliphatic rings. The van der Waals surface area contributed by atoms with Gasteiger partial charge in [0.2, 0.25) is 24.0 Å². The number of nitrogens with zero attached hydrogens (tertiary/aromatic N) is 7. The van der Waals surface area contributed by atoms with Crippen molar-refractivity contribution in [3.8, 4) is 28.7 Å². The molecule has 8 atom stereocenters. The van der Waals surface area contributed by atoms with Gasteiger partial charge in [0.15, 0.2) is 16.9 Å². The lowest BCUT2D eigenvalue weighted by Gasteiger charge is -2.61. The van der Waals surface area contributed by atoms with Gasteiger partial charge in [-0.2, -0.15) is 22.1 Å². The molecule has 30 heteroatoms. The number of hydrogen-bond acceptors (Lipinski definition) is 23. The van der Waals surface area contributed by atoms with E-state index in [1.54, 1.807) is 36.7 Å². The van der Waals surface area contributed by atoms with Crippen LogP contribution in [0, 0.1) is 35.5 Å². The number of benzene rings is 3. The second kappa shape index (κ2) is 29.1. The third kappa shape index (κ3) is 14.9. The Labute approximate surface area is 564 Å². The SMILES string of the molecule is CSC1CC(=O)N(CCC(=O)NCCOCCOc2cc(O[C@@H]3O[C@H](C(=O)O)[C@@H](O)[C@H](O)[C@H]3O)ccc2COC(=O)NCCOC23CC4CC(CC(Cn5ncc(-c6ccc(N7CCc8c(C#N)ccc(C(=O)Nc9nc%10ccccc%10s9)c8C7)nc6C(=O)O)c5C)(C4)C2)C3)C1=O. The summed E-state index contributed by atoms with van der Waals surface area (Å²) in [5, 5.41) is 74.8. The van der Waals surface area contributed by atoms with Gasteiger partial charge < -0.3 is 69.5 Å². The lowest BCUT2D eigenvalue weighted by Crippen LogP contribution is -2.61. The van der Waals surface area contributed by atoms with E-state index in [0.717, 1.165) is 64.9 Å². The molecule has 512 valence electrons. The largest absolute Gasteiger partial charge is 0.491 e. The van der Waals surface area contributed by atoms with Gasteiger partial charge in [-0.3, -0.25) is 34.1 Å². The van der Waals surface area contributed by atoms with Crippen molar-refractivity contribution in [3.63, 3.8) is 0 Å². The predicted octanol–water partition coefficient (Wildman–Crippen LogP) is 5.19. The number of carbonyl (C=O) groups excluding carboxylic acids is 5. The topological polar surface area (TPSA) is 386 Å². The third-order valence-electron chi connectivity index (χ3n) is 19.1. The maximum atomic E-state index is 13.9. The minimum atomic E-state index is -1.94. The Kier molecular flexibility index (Phi) is 20.5. The molecule has 5 amide bonds. The number of para-hydroxylation sites is 1. The third-order valence-corrected chi connectivity index (χ3v) is 20.9. The van der Waals surface area contributed by atoms with E-state index < -0.39 is 59.6 Å². The molecule has 0 spiro atoms. The van der Waals surface area contributed by atoms with Gasteiger partial charge >= 0.3 is 18.0 Å². The molecular weight excluding hydrogens is 1300 g/mol. The van der Waals surface area contributed by atoms with Gasteiger partial charge in [-0.15, -0.1) is 0 Å². The van der Waals surface area contributed by atoms with Crippen LogP contribution >= 0.6 is 23.1 Å². The van der Waals surface area contributed by atoms with Gasteiger partial charge in [0, 0.05) is 86.1 Å². The average molecular weight is 1370 g/mol. The fourth-order valence-corrected chi connectivity index (χ4v) is 16.4. The number of aliphatic hydroxyl groups excluding tert-OH is 3. The van der Waals surface area contributed by atoms with Gasteiger partial charge in [-0.25, -0.2) is 24.4 Å². The van der Waals surface area contributed by atoms with Gasteiger partial charge in [-0.05, 0) is 135 Å². The summed E-state index contributed by atoms with van der Waals surface area (Å²) in [5.41, 5.74) is 4.53. The van der Waals surface area contributed by atoms with Gasteiger partial charge in [-0.1, -0.05) is 23.5 Å². The maximum absolute atomic E-state index is 13.9. The summed E-state index contributed by atoms with van der Waals surface area (Å²) in [5.74, 6) is -2.78. The molecule has 6 fully saturated rings. The van der Waals surface area contributed by atoms with E-state index in [4.69, 9.17) is 38.5 Å². The summed E-state index contributed by atoms with van der Waals surface area (Å²) in [4.78, 5) is 101. The van der Waals surface area contributed by atoms with E-state index in [-0.39, 0.29) is 118 Å². The number of carbonyl (C=O) groups is 7. The molecule has 97 heavy (non-hydrogen) atoms. The predicted molar refractivity (Wildman–Crippen MR) is 349 cm³/mol. The van der Waals surface area contributed by atoms with Crippen LogP contribution in [-0.4, -0.2) is 192 Å².